The lowest BCUT2D eigenvalue weighted by Gasteiger charge is -1.96. The smallest absolute Gasteiger partial charge is 0.312 e. The van der Waals surface area contributed by atoms with E-state index in [1.165, 1.54) is 12.1 Å². The largest absolute Gasteiger partial charge is 0.481 e. The van der Waals surface area contributed by atoms with Gasteiger partial charge in [0.2, 0.25) is 5.89 Å². The molecule has 0 atom stereocenters. The van der Waals surface area contributed by atoms with Gasteiger partial charge in [0.25, 0.3) is 0 Å². The van der Waals surface area contributed by atoms with Crippen molar-refractivity contribution in [3.05, 3.63) is 41.7 Å². The summed E-state index contributed by atoms with van der Waals surface area (Å²) >= 11 is 0. The van der Waals surface area contributed by atoms with Crippen molar-refractivity contribution in [1.29, 1.82) is 0 Å². The number of halogens is 1. The fourth-order valence-electron chi connectivity index (χ4n) is 1.56. The van der Waals surface area contributed by atoms with Crippen molar-refractivity contribution in [2.75, 3.05) is 0 Å². The van der Waals surface area contributed by atoms with Crippen LogP contribution in [0.1, 0.15) is 11.7 Å². The Morgan fingerprint density at radius 1 is 1.53 bits per heavy atom. The van der Waals surface area contributed by atoms with Gasteiger partial charge in [0, 0.05) is 5.56 Å². The molecular weight excluding hydrogens is 225 g/mol. The van der Waals surface area contributed by atoms with Crippen molar-refractivity contribution in [1.82, 2.24) is 4.98 Å². The Balaban J connectivity index is 2.39. The van der Waals surface area contributed by atoms with Crippen molar-refractivity contribution in [3.8, 4) is 11.3 Å². The normalized spacial score (nSPS) is 10.5. The van der Waals surface area contributed by atoms with Gasteiger partial charge in [0.15, 0.2) is 0 Å². The minimum atomic E-state index is -1.02. The predicted octanol–water partition coefficient (Wildman–Crippen LogP) is 2.42. The third-order valence-electron chi connectivity index (χ3n) is 2.24. The van der Waals surface area contributed by atoms with Crippen LogP contribution in [0.25, 0.3) is 11.3 Å². The summed E-state index contributed by atoms with van der Waals surface area (Å²) in [6.07, 6.45) is -0.282. The monoisotopic (exact) mass is 235 g/mol. The van der Waals surface area contributed by atoms with Gasteiger partial charge in [-0.05, 0) is 19.1 Å². The highest BCUT2D eigenvalue weighted by Gasteiger charge is 2.14. The van der Waals surface area contributed by atoms with Gasteiger partial charge in [-0.1, -0.05) is 12.1 Å². The number of aryl methyl sites for hydroxylation is 1. The molecule has 0 saturated heterocycles. The first-order valence-corrected chi connectivity index (χ1v) is 5.00. The van der Waals surface area contributed by atoms with Crippen molar-refractivity contribution in [3.63, 3.8) is 0 Å². The average molecular weight is 235 g/mol. The van der Waals surface area contributed by atoms with E-state index >= 15 is 0 Å². The summed E-state index contributed by atoms with van der Waals surface area (Å²) in [5.74, 6) is -0.789. The second-order valence-corrected chi connectivity index (χ2v) is 3.59. The van der Waals surface area contributed by atoms with Crippen molar-refractivity contribution in [2.45, 2.75) is 13.3 Å². The van der Waals surface area contributed by atoms with E-state index in [2.05, 4.69) is 4.98 Å². The number of carboxylic acids is 1. The summed E-state index contributed by atoms with van der Waals surface area (Å²) in [5.41, 5.74) is 1.05. The zero-order valence-corrected chi connectivity index (χ0v) is 9.11. The van der Waals surface area contributed by atoms with Gasteiger partial charge in [0.05, 0.1) is 0 Å². The van der Waals surface area contributed by atoms with E-state index in [1.807, 2.05) is 0 Å². The van der Waals surface area contributed by atoms with Gasteiger partial charge in [-0.25, -0.2) is 9.37 Å². The molecule has 1 aromatic carbocycles. The molecule has 0 aliphatic heterocycles. The van der Waals surface area contributed by atoms with Gasteiger partial charge >= 0.3 is 5.97 Å². The number of benzene rings is 1. The molecule has 2 rings (SSSR count). The molecule has 0 spiro atoms. The van der Waals surface area contributed by atoms with E-state index < -0.39 is 5.97 Å². The molecule has 0 fully saturated rings. The van der Waals surface area contributed by atoms with Gasteiger partial charge in [-0.3, -0.25) is 4.79 Å². The number of oxazole rings is 1. The third kappa shape index (κ3) is 2.50. The lowest BCUT2D eigenvalue weighted by atomic mass is 10.1. The molecule has 5 heteroatoms. The number of carboxylic acid groups (broad SMARTS) is 1. The van der Waals surface area contributed by atoms with Crippen LogP contribution in [0.15, 0.2) is 28.7 Å². The van der Waals surface area contributed by atoms with Crippen LogP contribution in [0.3, 0.4) is 0 Å². The van der Waals surface area contributed by atoms with Crippen LogP contribution in [0, 0.1) is 12.7 Å². The van der Waals surface area contributed by atoms with Crippen LogP contribution in [0.5, 0.6) is 0 Å². The molecule has 1 N–H and O–H groups in total. The van der Waals surface area contributed by atoms with Crippen LogP contribution < -0.4 is 0 Å². The van der Waals surface area contributed by atoms with Crippen molar-refractivity contribution < 1.29 is 18.7 Å². The average Bonchev–Trinajstić information content (AvgIpc) is 2.58. The second-order valence-electron chi connectivity index (χ2n) is 3.59. The molecule has 0 saturated carbocycles. The van der Waals surface area contributed by atoms with E-state index in [1.54, 1.807) is 19.1 Å². The Bertz CT molecular complexity index is 563. The fraction of sp³-hybridized carbons (Fsp3) is 0.167. The Morgan fingerprint density at radius 2 is 2.29 bits per heavy atom. The lowest BCUT2D eigenvalue weighted by molar-refractivity contribution is -0.136. The first-order chi connectivity index (χ1) is 8.06. The van der Waals surface area contributed by atoms with Crippen molar-refractivity contribution >= 4 is 5.97 Å². The third-order valence-corrected chi connectivity index (χ3v) is 2.24. The Labute approximate surface area is 96.7 Å². The molecule has 2 aromatic rings. The van der Waals surface area contributed by atoms with E-state index in [0.717, 1.165) is 0 Å². The first kappa shape index (κ1) is 11.3. The fourth-order valence-corrected chi connectivity index (χ4v) is 1.56. The van der Waals surface area contributed by atoms with Gasteiger partial charge in [-0.15, -0.1) is 0 Å². The van der Waals surface area contributed by atoms with Gasteiger partial charge < -0.3 is 9.52 Å². The maximum Gasteiger partial charge on any atom is 0.312 e. The summed E-state index contributed by atoms with van der Waals surface area (Å²) < 4.78 is 18.3. The number of aromatic nitrogens is 1. The molecule has 0 aliphatic rings. The summed E-state index contributed by atoms with van der Waals surface area (Å²) in [4.78, 5) is 14.6. The Hall–Kier alpha value is -2.17. The van der Waals surface area contributed by atoms with Gasteiger partial charge in [-0.2, -0.15) is 0 Å². The summed E-state index contributed by atoms with van der Waals surface area (Å²) in [7, 11) is 0. The van der Waals surface area contributed by atoms with E-state index in [4.69, 9.17) is 9.52 Å². The lowest BCUT2D eigenvalue weighted by Crippen LogP contribution is -1.99. The standard InChI is InChI=1S/C12H10FNO3/c1-7-12(8-3-2-4-9(13)5-8)14-10(17-7)6-11(15)16/h2-5H,6H2,1H3,(H,15,16). The maximum atomic E-state index is 13.0. The summed E-state index contributed by atoms with van der Waals surface area (Å²) in [6, 6.07) is 5.92. The topological polar surface area (TPSA) is 63.3 Å². The molecule has 88 valence electrons. The summed E-state index contributed by atoms with van der Waals surface area (Å²) in [5, 5.41) is 8.62. The maximum absolute atomic E-state index is 13.0. The quantitative estimate of drug-likeness (QED) is 0.887. The SMILES string of the molecule is Cc1oc(CC(=O)O)nc1-c1cccc(F)c1. The van der Waals surface area contributed by atoms with Crippen LogP contribution in [0.4, 0.5) is 4.39 Å². The predicted molar refractivity (Wildman–Crippen MR) is 58.0 cm³/mol. The van der Waals surface area contributed by atoms with Crippen LogP contribution in [0.2, 0.25) is 0 Å². The Kier molecular flexibility index (Phi) is 2.91. The number of hydrogen-bond donors (Lipinski definition) is 1. The number of rotatable bonds is 3. The van der Waals surface area contributed by atoms with Crippen LogP contribution >= 0.6 is 0 Å². The highest BCUT2D eigenvalue weighted by molar-refractivity contribution is 5.69. The number of hydrogen-bond acceptors (Lipinski definition) is 3. The zero-order chi connectivity index (χ0) is 12.4. The van der Waals surface area contributed by atoms with E-state index in [9.17, 15) is 9.18 Å². The molecular formula is C12H10FNO3. The Morgan fingerprint density at radius 3 is 2.94 bits per heavy atom. The number of nitrogens with zero attached hydrogens (tertiary/aromatic N) is 1. The first-order valence-electron chi connectivity index (χ1n) is 5.00. The highest BCUT2D eigenvalue weighted by Crippen LogP contribution is 2.24. The number of carbonyl (C=O) groups is 1. The molecule has 0 unspecified atom stereocenters. The zero-order valence-electron chi connectivity index (χ0n) is 9.11. The molecule has 1 heterocycles. The molecule has 0 aliphatic carbocycles. The molecule has 0 bridgehead atoms. The molecule has 0 amide bonds. The van der Waals surface area contributed by atoms with E-state index in [0.29, 0.717) is 17.0 Å². The van der Waals surface area contributed by atoms with E-state index in [-0.39, 0.29) is 18.1 Å². The summed E-state index contributed by atoms with van der Waals surface area (Å²) in [6.45, 7) is 1.67. The van der Waals surface area contributed by atoms with Crippen LogP contribution in [-0.2, 0) is 11.2 Å². The second kappa shape index (κ2) is 4.37. The molecule has 17 heavy (non-hydrogen) atoms. The minimum absolute atomic E-state index is 0.120. The molecule has 0 radical (unpaired) electrons. The minimum Gasteiger partial charge on any atom is -0.481 e. The highest BCUT2D eigenvalue weighted by atomic mass is 19.1. The molecule has 4 nitrogen and oxygen atoms in total. The van der Waals surface area contributed by atoms with Crippen molar-refractivity contribution in [2.24, 2.45) is 0 Å². The van der Waals surface area contributed by atoms with Gasteiger partial charge in [0.1, 0.15) is 23.7 Å². The van der Waals surface area contributed by atoms with Crippen LogP contribution in [-0.4, -0.2) is 16.1 Å². The molecule has 1 aromatic heterocycles. The number of aliphatic carboxylic acids is 1.